The number of nitrogens with zero attached hydrogens (tertiary/aromatic N) is 1. The largest absolute Gasteiger partial charge is 0.449 e. The van der Waals surface area contributed by atoms with Crippen molar-refractivity contribution in [3.05, 3.63) is 29.3 Å². The van der Waals surface area contributed by atoms with Gasteiger partial charge in [-0.2, -0.15) is 0 Å². The normalized spacial score (nSPS) is 18.7. The van der Waals surface area contributed by atoms with E-state index in [4.69, 9.17) is 10.5 Å². The number of hydrogen-bond donors (Lipinski definition) is 1. The van der Waals surface area contributed by atoms with Gasteiger partial charge in [-0.3, -0.25) is 9.10 Å². The number of carbonyl (C=O) groups is 2. The predicted molar refractivity (Wildman–Crippen MR) is 81.0 cm³/mol. The van der Waals surface area contributed by atoms with E-state index in [1.807, 2.05) is 0 Å². The first-order chi connectivity index (χ1) is 10.1. The molecule has 0 spiro atoms. The van der Waals surface area contributed by atoms with E-state index in [2.05, 4.69) is 0 Å². The van der Waals surface area contributed by atoms with Gasteiger partial charge in [0.15, 0.2) is 6.10 Å². The van der Waals surface area contributed by atoms with Crippen LogP contribution >= 0.6 is 0 Å². The van der Waals surface area contributed by atoms with Crippen LogP contribution in [0.2, 0.25) is 0 Å². The lowest BCUT2D eigenvalue weighted by molar-refractivity contribution is -0.125. The SMILES string of the molecule is C[C@H](OC(=O)c1ccc2c(c1)C[C@H](C)N2S(C)(=O)=O)C(N)=O. The summed E-state index contributed by atoms with van der Waals surface area (Å²) in [5.74, 6) is -1.40. The summed E-state index contributed by atoms with van der Waals surface area (Å²) in [6.07, 6.45) is 0.636. The molecule has 1 aliphatic heterocycles. The van der Waals surface area contributed by atoms with Crippen molar-refractivity contribution in [1.29, 1.82) is 0 Å². The van der Waals surface area contributed by atoms with Gasteiger partial charge in [-0.15, -0.1) is 0 Å². The minimum absolute atomic E-state index is 0.208. The molecule has 2 atom stereocenters. The molecule has 7 nitrogen and oxygen atoms in total. The van der Waals surface area contributed by atoms with E-state index < -0.39 is 28.0 Å². The molecule has 0 unspecified atom stereocenters. The number of hydrogen-bond acceptors (Lipinski definition) is 5. The third-order valence-corrected chi connectivity index (χ3v) is 4.78. The highest BCUT2D eigenvalue weighted by Crippen LogP contribution is 2.34. The highest BCUT2D eigenvalue weighted by molar-refractivity contribution is 7.92. The van der Waals surface area contributed by atoms with E-state index >= 15 is 0 Å². The summed E-state index contributed by atoms with van der Waals surface area (Å²) in [6.45, 7) is 3.19. The summed E-state index contributed by atoms with van der Waals surface area (Å²) in [6, 6.07) is 4.43. The Morgan fingerprint density at radius 3 is 2.59 bits per heavy atom. The number of ether oxygens (including phenoxy) is 1. The maximum absolute atomic E-state index is 12.0. The molecule has 0 aliphatic carbocycles. The number of esters is 1. The molecular formula is C14H18N2O5S. The maximum atomic E-state index is 12.0. The molecule has 8 heteroatoms. The Hall–Kier alpha value is -2.09. The number of primary amides is 1. The Kier molecular flexibility index (Phi) is 4.15. The zero-order valence-electron chi connectivity index (χ0n) is 12.6. The molecule has 120 valence electrons. The van der Waals surface area contributed by atoms with Gasteiger partial charge in [0.05, 0.1) is 17.5 Å². The van der Waals surface area contributed by atoms with Gasteiger partial charge >= 0.3 is 5.97 Å². The fourth-order valence-electron chi connectivity index (χ4n) is 2.52. The van der Waals surface area contributed by atoms with Crippen molar-refractivity contribution in [2.75, 3.05) is 10.6 Å². The number of amides is 1. The van der Waals surface area contributed by atoms with Crippen molar-refractivity contribution in [2.45, 2.75) is 32.4 Å². The number of anilines is 1. The molecule has 0 bridgehead atoms. The molecule has 0 aromatic heterocycles. The van der Waals surface area contributed by atoms with Crippen LogP contribution in [0.1, 0.15) is 29.8 Å². The lowest BCUT2D eigenvalue weighted by Crippen LogP contribution is -2.34. The van der Waals surface area contributed by atoms with Crippen LogP contribution in [-0.2, 0) is 26.0 Å². The summed E-state index contributed by atoms with van der Waals surface area (Å²) in [7, 11) is -3.37. The summed E-state index contributed by atoms with van der Waals surface area (Å²) in [4.78, 5) is 22.9. The number of nitrogens with two attached hydrogens (primary N) is 1. The lowest BCUT2D eigenvalue weighted by Gasteiger charge is -2.21. The van der Waals surface area contributed by atoms with Crippen LogP contribution in [0, 0.1) is 0 Å². The van der Waals surface area contributed by atoms with Crippen LogP contribution < -0.4 is 10.0 Å². The van der Waals surface area contributed by atoms with Gasteiger partial charge in [0, 0.05) is 6.04 Å². The average molecular weight is 326 g/mol. The fourth-order valence-corrected chi connectivity index (χ4v) is 3.79. The standard InChI is InChI=1S/C14H18N2O5S/c1-8-6-11-7-10(14(18)21-9(2)13(15)17)4-5-12(11)16(8)22(3,19)20/h4-5,7-9H,6H2,1-3H3,(H2,15,17)/t8-,9-/m0/s1. The van der Waals surface area contributed by atoms with Crippen molar-refractivity contribution < 1.29 is 22.7 Å². The fraction of sp³-hybridized carbons (Fsp3) is 0.429. The minimum atomic E-state index is -3.37. The molecule has 1 aliphatic rings. The van der Waals surface area contributed by atoms with Crippen molar-refractivity contribution in [3.8, 4) is 0 Å². The van der Waals surface area contributed by atoms with Crippen LogP contribution in [-0.4, -0.2) is 38.7 Å². The van der Waals surface area contributed by atoms with Gasteiger partial charge in [-0.05, 0) is 44.0 Å². The number of carbonyl (C=O) groups excluding carboxylic acids is 2. The van der Waals surface area contributed by atoms with Gasteiger partial charge in [0.25, 0.3) is 5.91 Å². The van der Waals surface area contributed by atoms with E-state index in [0.29, 0.717) is 12.1 Å². The first kappa shape index (κ1) is 16.3. The molecule has 2 N–H and O–H groups in total. The predicted octanol–water partition coefficient (Wildman–Crippen LogP) is 0.428. The number of benzene rings is 1. The average Bonchev–Trinajstić information content (AvgIpc) is 2.72. The van der Waals surface area contributed by atoms with Crippen molar-refractivity contribution in [1.82, 2.24) is 0 Å². The Labute approximate surface area is 129 Å². The highest BCUT2D eigenvalue weighted by atomic mass is 32.2. The summed E-state index contributed by atoms with van der Waals surface area (Å²) >= 11 is 0. The summed E-state index contributed by atoms with van der Waals surface area (Å²) < 4.78 is 29.9. The molecule has 1 aromatic carbocycles. The van der Waals surface area contributed by atoms with E-state index in [1.54, 1.807) is 19.1 Å². The Morgan fingerprint density at radius 2 is 2.05 bits per heavy atom. The Balaban J connectivity index is 2.29. The molecular weight excluding hydrogens is 308 g/mol. The van der Waals surface area contributed by atoms with Crippen LogP contribution in [0.25, 0.3) is 0 Å². The molecule has 1 aromatic rings. The van der Waals surface area contributed by atoms with E-state index in [0.717, 1.165) is 11.8 Å². The molecule has 0 saturated carbocycles. The van der Waals surface area contributed by atoms with Crippen molar-refractivity contribution in [2.24, 2.45) is 5.73 Å². The van der Waals surface area contributed by atoms with Crippen LogP contribution in [0.5, 0.6) is 0 Å². The topological polar surface area (TPSA) is 107 Å². The first-order valence-corrected chi connectivity index (χ1v) is 8.58. The monoisotopic (exact) mass is 326 g/mol. The minimum Gasteiger partial charge on any atom is -0.449 e. The molecule has 1 amide bonds. The Morgan fingerprint density at radius 1 is 1.41 bits per heavy atom. The van der Waals surface area contributed by atoms with Crippen molar-refractivity contribution >= 4 is 27.6 Å². The number of fused-ring (bicyclic) bond motifs is 1. The molecule has 22 heavy (non-hydrogen) atoms. The van der Waals surface area contributed by atoms with Crippen LogP contribution in [0.4, 0.5) is 5.69 Å². The first-order valence-electron chi connectivity index (χ1n) is 6.74. The van der Waals surface area contributed by atoms with Gasteiger partial charge in [0.2, 0.25) is 10.0 Å². The second-order valence-corrected chi connectivity index (χ2v) is 7.26. The second kappa shape index (κ2) is 5.60. The van der Waals surface area contributed by atoms with Crippen LogP contribution in [0.3, 0.4) is 0 Å². The van der Waals surface area contributed by atoms with Gasteiger partial charge in [-0.1, -0.05) is 0 Å². The molecule has 0 saturated heterocycles. The van der Waals surface area contributed by atoms with Gasteiger partial charge in [0.1, 0.15) is 0 Å². The maximum Gasteiger partial charge on any atom is 0.338 e. The zero-order valence-corrected chi connectivity index (χ0v) is 13.4. The number of rotatable bonds is 4. The summed E-state index contributed by atoms with van der Waals surface area (Å²) in [5, 5.41) is 0. The molecule has 0 radical (unpaired) electrons. The quantitative estimate of drug-likeness (QED) is 0.807. The van der Waals surface area contributed by atoms with Crippen molar-refractivity contribution in [3.63, 3.8) is 0 Å². The van der Waals surface area contributed by atoms with E-state index in [9.17, 15) is 18.0 Å². The molecule has 0 fully saturated rings. The smallest absolute Gasteiger partial charge is 0.338 e. The Bertz CT molecular complexity index is 729. The number of sulfonamides is 1. The van der Waals surface area contributed by atoms with Crippen LogP contribution in [0.15, 0.2) is 18.2 Å². The third kappa shape index (κ3) is 3.06. The zero-order chi connectivity index (χ0) is 16.7. The lowest BCUT2D eigenvalue weighted by atomic mass is 10.1. The second-order valence-electron chi connectivity index (χ2n) is 5.41. The van der Waals surface area contributed by atoms with E-state index in [-0.39, 0.29) is 11.6 Å². The van der Waals surface area contributed by atoms with Gasteiger partial charge < -0.3 is 10.5 Å². The molecule has 2 rings (SSSR count). The highest BCUT2D eigenvalue weighted by Gasteiger charge is 2.33. The van der Waals surface area contributed by atoms with E-state index in [1.165, 1.54) is 17.3 Å². The summed E-state index contributed by atoms with van der Waals surface area (Å²) in [5.41, 5.74) is 6.62. The third-order valence-electron chi connectivity index (χ3n) is 3.51. The molecule has 1 heterocycles. The van der Waals surface area contributed by atoms with Gasteiger partial charge in [-0.25, -0.2) is 13.2 Å².